The number of nitrogens with zero attached hydrogens (tertiary/aromatic N) is 2. The van der Waals surface area contributed by atoms with Crippen molar-refractivity contribution in [2.24, 2.45) is 7.05 Å². The standard InChI is InChI=1S/C14H21N3O2S/c1-5-20(18,19)15-9-11-6-7-13-12(8-11)16-14(10(2)3)17(13)4/h6-8,10,15H,5,9H2,1-4H3. The van der Waals surface area contributed by atoms with Gasteiger partial charge in [0.05, 0.1) is 16.8 Å². The molecule has 1 N–H and O–H groups in total. The Morgan fingerprint density at radius 2 is 2.05 bits per heavy atom. The van der Waals surface area contributed by atoms with Gasteiger partial charge in [0.2, 0.25) is 10.0 Å². The number of hydrogen-bond donors (Lipinski definition) is 1. The van der Waals surface area contributed by atoms with E-state index < -0.39 is 10.0 Å². The summed E-state index contributed by atoms with van der Waals surface area (Å²) in [6.45, 7) is 6.15. The van der Waals surface area contributed by atoms with Crippen LogP contribution >= 0.6 is 0 Å². The average molecular weight is 295 g/mol. The van der Waals surface area contributed by atoms with Crippen molar-refractivity contribution < 1.29 is 8.42 Å². The molecule has 0 radical (unpaired) electrons. The molecule has 1 heterocycles. The summed E-state index contributed by atoms with van der Waals surface area (Å²) in [5, 5.41) is 0. The minimum atomic E-state index is -3.16. The van der Waals surface area contributed by atoms with Gasteiger partial charge in [0.1, 0.15) is 5.82 Å². The van der Waals surface area contributed by atoms with Gasteiger partial charge >= 0.3 is 0 Å². The average Bonchev–Trinajstić information content (AvgIpc) is 2.74. The molecule has 0 bridgehead atoms. The molecule has 0 fully saturated rings. The van der Waals surface area contributed by atoms with Crippen LogP contribution in [-0.2, 0) is 23.6 Å². The van der Waals surface area contributed by atoms with E-state index in [0.717, 1.165) is 22.4 Å². The van der Waals surface area contributed by atoms with Gasteiger partial charge in [-0.2, -0.15) is 0 Å². The zero-order valence-electron chi connectivity index (χ0n) is 12.3. The van der Waals surface area contributed by atoms with E-state index >= 15 is 0 Å². The third-order valence-electron chi connectivity index (χ3n) is 3.37. The molecule has 0 saturated carbocycles. The lowest BCUT2D eigenvalue weighted by molar-refractivity contribution is 0.582. The SMILES string of the molecule is CCS(=O)(=O)NCc1ccc2c(c1)nc(C(C)C)n2C. The van der Waals surface area contributed by atoms with Crippen molar-refractivity contribution in [1.82, 2.24) is 14.3 Å². The lowest BCUT2D eigenvalue weighted by Crippen LogP contribution is -2.24. The fraction of sp³-hybridized carbons (Fsp3) is 0.500. The number of imidazole rings is 1. The highest BCUT2D eigenvalue weighted by atomic mass is 32.2. The maximum atomic E-state index is 11.5. The Labute approximate surface area is 120 Å². The molecule has 0 atom stereocenters. The Balaban J connectivity index is 2.30. The van der Waals surface area contributed by atoms with Gasteiger partial charge in [0.15, 0.2) is 0 Å². The molecular formula is C14H21N3O2S. The highest BCUT2D eigenvalue weighted by Crippen LogP contribution is 2.21. The Morgan fingerprint density at radius 1 is 1.35 bits per heavy atom. The molecule has 1 aromatic heterocycles. The van der Waals surface area contributed by atoms with E-state index in [2.05, 4.69) is 28.1 Å². The molecule has 1 aromatic carbocycles. The highest BCUT2D eigenvalue weighted by Gasteiger charge is 2.12. The van der Waals surface area contributed by atoms with Crippen molar-refractivity contribution in [3.63, 3.8) is 0 Å². The Bertz CT molecular complexity index is 717. The second-order valence-corrected chi connectivity index (χ2v) is 7.33. The predicted molar refractivity (Wildman–Crippen MR) is 81.1 cm³/mol. The molecule has 0 unspecified atom stereocenters. The van der Waals surface area contributed by atoms with Gasteiger partial charge in [0, 0.05) is 19.5 Å². The van der Waals surface area contributed by atoms with E-state index in [9.17, 15) is 8.42 Å². The molecule has 110 valence electrons. The molecule has 0 amide bonds. The molecule has 6 heteroatoms. The Kier molecular flexibility index (Phi) is 4.15. The number of fused-ring (bicyclic) bond motifs is 1. The zero-order valence-corrected chi connectivity index (χ0v) is 13.2. The van der Waals surface area contributed by atoms with Crippen LogP contribution in [0.25, 0.3) is 11.0 Å². The number of nitrogens with one attached hydrogen (secondary N) is 1. The van der Waals surface area contributed by atoms with Crippen LogP contribution in [-0.4, -0.2) is 23.7 Å². The summed E-state index contributed by atoms with van der Waals surface area (Å²) in [6, 6.07) is 5.87. The van der Waals surface area contributed by atoms with Crippen LogP contribution < -0.4 is 4.72 Å². The molecule has 20 heavy (non-hydrogen) atoms. The lowest BCUT2D eigenvalue weighted by Gasteiger charge is -2.05. The van der Waals surface area contributed by atoms with Crippen LogP contribution in [0.1, 0.15) is 38.1 Å². The van der Waals surface area contributed by atoms with Crippen LogP contribution in [0.2, 0.25) is 0 Å². The Morgan fingerprint density at radius 3 is 2.65 bits per heavy atom. The molecule has 0 saturated heterocycles. The van der Waals surface area contributed by atoms with Crippen LogP contribution in [0.15, 0.2) is 18.2 Å². The molecule has 0 aliphatic carbocycles. The third-order valence-corrected chi connectivity index (χ3v) is 4.72. The molecule has 0 aliphatic heterocycles. The van der Waals surface area contributed by atoms with Gasteiger partial charge in [-0.25, -0.2) is 18.1 Å². The van der Waals surface area contributed by atoms with Gasteiger partial charge in [-0.3, -0.25) is 0 Å². The van der Waals surface area contributed by atoms with Crippen molar-refractivity contribution >= 4 is 21.1 Å². The predicted octanol–water partition coefficient (Wildman–Crippen LogP) is 2.14. The van der Waals surface area contributed by atoms with E-state index in [-0.39, 0.29) is 5.75 Å². The van der Waals surface area contributed by atoms with E-state index in [4.69, 9.17) is 0 Å². The number of benzene rings is 1. The molecule has 2 rings (SSSR count). The lowest BCUT2D eigenvalue weighted by atomic mass is 10.2. The first-order valence-corrected chi connectivity index (χ1v) is 8.42. The van der Waals surface area contributed by atoms with Crippen LogP contribution in [0.5, 0.6) is 0 Å². The molecule has 2 aromatic rings. The number of aromatic nitrogens is 2. The second kappa shape index (κ2) is 5.54. The minimum Gasteiger partial charge on any atom is -0.331 e. The van der Waals surface area contributed by atoms with Crippen molar-refractivity contribution in [2.45, 2.75) is 33.2 Å². The molecule has 0 spiro atoms. The number of sulfonamides is 1. The smallest absolute Gasteiger partial charge is 0.211 e. The Hall–Kier alpha value is -1.40. The number of hydrogen-bond acceptors (Lipinski definition) is 3. The summed E-state index contributed by atoms with van der Waals surface area (Å²) >= 11 is 0. The van der Waals surface area contributed by atoms with Gasteiger partial charge in [-0.05, 0) is 24.6 Å². The van der Waals surface area contributed by atoms with Crippen molar-refractivity contribution in [1.29, 1.82) is 0 Å². The van der Waals surface area contributed by atoms with Crippen molar-refractivity contribution in [3.05, 3.63) is 29.6 Å². The van der Waals surface area contributed by atoms with Gasteiger partial charge in [-0.15, -0.1) is 0 Å². The summed E-state index contributed by atoms with van der Waals surface area (Å²) < 4.78 is 27.6. The monoisotopic (exact) mass is 295 g/mol. The van der Waals surface area contributed by atoms with Gasteiger partial charge < -0.3 is 4.57 Å². The second-order valence-electron chi connectivity index (χ2n) is 5.23. The zero-order chi connectivity index (χ0) is 14.9. The van der Waals surface area contributed by atoms with E-state index in [1.54, 1.807) is 6.92 Å². The summed E-state index contributed by atoms with van der Waals surface area (Å²) in [4.78, 5) is 4.62. The highest BCUT2D eigenvalue weighted by molar-refractivity contribution is 7.89. The maximum Gasteiger partial charge on any atom is 0.211 e. The number of rotatable bonds is 5. The normalized spacial score (nSPS) is 12.4. The first kappa shape index (κ1) is 15.0. The minimum absolute atomic E-state index is 0.0936. The summed E-state index contributed by atoms with van der Waals surface area (Å²) in [6.07, 6.45) is 0. The summed E-state index contributed by atoms with van der Waals surface area (Å²) in [7, 11) is -1.16. The summed E-state index contributed by atoms with van der Waals surface area (Å²) in [5.41, 5.74) is 2.89. The quantitative estimate of drug-likeness (QED) is 0.919. The number of aryl methyl sites for hydroxylation is 1. The van der Waals surface area contributed by atoms with Crippen LogP contribution in [0.4, 0.5) is 0 Å². The topological polar surface area (TPSA) is 64.0 Å². The van der Waals surface area contributed by atoms with Crippen LogP contribution in [0, 0.1) is 0 Å². The first-order valence-electron chi connectivity index (χ1n) is 6.76. The van der Waals surface area contributed by atoms with E-state index in [1.165, 1.54) is 0 Å². The van der Waals surface area contributed by atoms with Gasteiger partial charge in [0.25, 0.3) is 0 Å². The fourth-order valence-corrected chi connectivity index (χ4v) is 2.78. The first-order chi connectivity index (χ1) is 9.34. The fourth-order valence-electron chi connectivity index (χ4n) is 2.19. The summed E-state index contributed by atoms with van der Waals surface area (Å²) in [5.74, 6) is 1.48. The largest absolute Gasteiger partial charge is 0.331 e. The maximum absolute atomic E-state index is 11.5. The molecule has 5 nitrogen and oxygen atoms in total. The molecule has 0 aliphatic rings. The van der Waals surface area contributed by atoms with Gasteiger partial charge in [-0.1, -0.05) is 19.9 Å². The van der Waals surface area contributed by atoms with E-state index in [0.29, 0.717) is 12.5 Å². The van der Waals surface area contributed by atoms with Crippen LogP contribution in [0.3, 0.4) is 0 Å². The third kappa shape index (κ3) is 3.02. The van der Waals surface area contributed by atoms with E-state index in [1.807, 2.05) is 25.2 Å². The van der Waals surface area contributed by atoms with Crippen molar-refractivity contribution in [2.75, 3.05) is 5.75 Å². The molecular weight excluding hydrogens is 274 g/mol. The van der Waals surface area contributed by atoms with Crippen molar-refractivity contribution in [3.8, 4) is 0 Å².